The van der Waals surface area contributed by atoms with E-state index >= 15 is 4.39 Å². The van der Waals surface area contributed by atoms with Gasteiger partial charge in [-0.25, -0.2) is 22.0 Å². The van der Waals surface area contributed by atoms with E-state index in [1.165, 1.54) is 17.0 Å². The van der Waals surface area contributed by atoms with Crippen LogP contribution in [0.15, 0.2) is 18.2 Å². The number of nitrogen functional groups attached to an aromatic ring is 1. The van der Waals surface area contributed by atoms with Gasteiger partial charge in [0.2, 0.25) is 5.91 Å². The Labute approximate surface area is 302 Å². The second kappa shape index (κ2) is 11.7. The van der Waals surface area contributed by atoms with Crippen LogP contribution in [0.2, 0.25) is 5.02 Å². The molecule has 1 amide bonds. The fourth-order valence-electron chi connectivity index (χ4n) is 8.59. The second-order valence-corrected chi connectivity index (χ2v) is 16.0. The van der Waals surface area contributed by atoms with E-state index in [9.17, 15) is 27.6 Å². The zero-order valence-electron chi connectivity index (χ0n) is 27.5. The van der Waals surface area contributed by atoms with Gasteiger partial charge < -0.3 is 25.0 Å². The topological polar surface area (TPSA) is 121 Å². The number of rotatable bonds is 6. The molecule has 1 spiro atoms. The van der Waals surface area contributed by atoms with Crippen LogP contribution < -0.4 is 15.4 Å². The summed E-state index contributed by atoms with van der Waals surface area (Å²) in [6.07, 6.45) is 0.440. The number of anilines is 2. The summed E-state index contributed by atoms with van der Waals surface area (Å²) in [6.45, 7) is 2.05. The molecule has 1 saturated carbocycles. The highest BCUT2D eigenvalue weighted by Gasteiger charge is 2.64. The summed E-state index contributed by atoms with van der Waals surface area (Å²) in [5, 5.41) is 10.3. The van der Waals surface area contributed by atoms with Crippen molar-refractivity contribution in [2.45, 2.75) is 48.9 Å². The molecule has 0 bridgehead atoms. The number of aromatic nitrogens is 2. The van der Waals surface area contributed by atoms with E-state index in [1.54, 1.807) is 0 Å². The van der Waals surface area contributed by atoms with Gasteiger partial charge in [0, 0.05) is 42.3 Å². The standard InChI is InChI=1S/C35H31ClF5N7O3S/c36-22-8-19-27(26(39)25(22)18-2-3-23(38)28-24(18)20(11-42)29(43)52-28)44-32(50-16-33-4-1-5-48(33)12-17(37)9-33)45-30(19)46-6-7-51-34(13-46)14-47(15-34)31(49)21-10-35(21,40)41/h2-3,8,17,21H,1,4-7,9-10,12-16,43H2/t17-,21-,33+/m1/s1. The molecule has 2 aromatic heterocycles. The minimum atomic E-state index is -2.98. The Bertz CT molecular complexity index is 2230. The molecule has 9 rings (SSSR count). The van der Waals surface area contributed by atoms with E-state index in [0.29, 0.717) is 19.5 Å². The fourth-order valence-corrected chi connectivity index (χ4v) is 9.84. The van der Waals surface area contributed by atoms with E-state index in [0.717, 1.165) is 36.8 Å². The SMILES string of the molecule is N#Cc1c(N)sc2c(F)ccc(-c3c(Cl)cc4c(N5CCOC6(CN(C(=O)[C@H]7CC7(F)F)C6)C5)nc(OC[C@@]56CCCN5C[C@H](F)C6)nc4c3F)c12. The third-order valence-electron chi connectivity index (χ3n) is 11.2. The number of carbonyl (C=O) groups excluding carboxylic acids is 1. The number of morpholine rings is 1. The number of likely N-dealkylation sites (tertiary alicyclic amines) is 1. The molecule has 10 nitrogen and oxygen atoms in total. The number of hydrogen-bond acceptors (Lipinski definition) is 10. The molecular formula is C35H31ClF5N7O3S. The molecule has 2 N–H and O–H groups in total. The first-order valence-electron chi connectivity index (χ1n) is 17.0. The van der Waals surface area contributed by atoms with Gasteiger partial charge in [0.1, 0.15) is 52.5 Å². The normalized spacial score (nSPS) is 26.2. The molecule has 4 aromatic rings. The van der Waals surface area contributed by atoms with Crippen LogP contribution in [0.3, 0.4) is 0 Å². The molecule has 52 heavy (non-hydrogen) atoms. The fraction of sp³-hybridized carbons (Fsp3) is 0.486. The van der Waals surface area contributed by atoms with Crippen molar-refractivity contribution in [2.24, 2.45) is 5.92 Å². The number of thiophene rings is 1. The molecule has 17 heteroatoms. The number of nitrogens with two attached hydrogens (primary N) is 1. The van der Waals surface area contributed by atoms with Gasteiger partial charge in [0.05, 0.1) is 47.1 Å². The number of fused-ring (bicyclic) bond motifs is 3. The maximum Gasteiger partial charge on any atom is 0.319 e. The maximum absolute atomic E-state index is 17.1. The Balaban J connectivity index is 1.13. The maximum atomic E-state index is 17.1. The molecule has 4 aliphatic heterocycles. The lowest BCUT2D eigenvalue weighted by molar-refractivity contribution is -0.174. The number of nitrogens with zero attached hydrogens (tertiary/aromatic N) is 6. The number of nitriles is 1. The van der Waals surface area contributed by atoms with Crippen LogP contribution in [-0.2, 0) is 9.53 Å². The molecular weight excluding hydrogens is 729 g/mol. The first-order valence-corrected chi connectivity index (χ1v) is 18.2. The third-order valence-corrected chi connectivity index (χ3v) is 12.5. The van der Waals surface area contributed by atoms with Crippen molar-refractivity contribution in [1.82, 2.24) is 19.8 Å². The highest BCUT2D eigenvalue weighted by atomic mass is 35.5. The van der Waals surface area contributed by atoms with Crippen LogP contribution in [0.1, 0.15) is 31.2 Å². The number of benzene rings is 2. The summed E-state index contributed by atoms with van der Waals surface area (Å²) >= 11 is 7.72. The molecule has 0 unspecified atom stereocenters. The van der Waals surface area contributed by atoms with Gasteiger partial charge >= 0.3 is 6.01 Å². The number of carbonyl (C=O) groups is 1. The molecule has 5 fully saturated rings. The van der Waals surface area contributed by atoms with Gasteiger partial charge in [-0.2, -0.15) is 15.2 Å². The smallest absolute Gasteiger partial charge is 0.319 e. The van der Waals surface area contributed by atoms with E-state index in [-0.39, 0.29) is 92.4 Å². The Morgan fingerprint density at radius 2 is 1.98 bits per heavy atom. The Kier molecular flexibility index (Phi) is 7.62. The van der Waals surface area contributed by atoms with Crippen LogP contribution in [0.5, 0.6) is 6.01 Å². The summed E-state index contributed by atoms with van der Waals surface area (Å²) in [6, 6.07) is 5.85. The van der Waals surface area contributed by atoms with Gasteiger partial charge in [-0.05, 0) is 37.1 Å². The van der Waals surface area contributed by atoms with Crippen LogP contribution in [-0.4, -0.2) is 101 Å². The molecule has 4 saturated heterocycles. The van der Waals surface area contributed by atoms with Crippen LogP contribution in [0.4, 0.5) is 32.8 Å². The molecule has 272 valence electrons. The number of amides is 1. The largest absolute Gasteiger partial charge is 0.461 e. The lowest BCUT2D eigenvalue weighted by Gasteiger charge is -2.54. The zero-order chi connectivity index (χ0) is 36.3. The van der Waals surface area contributed by atoms with Crippen LogP contribution >= 0.6 is 22.9 Å². The van der Waals surface area contributed by atoms with Crippen molar-refractivity contribution in [1.29, 1.82) is 5.26 Å². The lowest BCUT2D eigenvalue weighted by atomic mass is 9.91. The average Bonchev–Trinajstić information content (AvgIpc) is 3.33. The number of hydrogen-bond donors (Lipinski definition) is 1. The first kappa shape index (κ1) is 33.8. The van der Waals surface area contributed by atoms with Gasteiger partial charge in [-0.1, -0.05) is 17.7 Å². The zero-order valence-corrected chi connectivity index (χ0v) is 29.1. The Morgan fingerprint density at radius 1 is 1.19 bits per heavy atom. The van der Waals surface area contributed by atoms with Gasteiger partial charge in [0.25, 0.3) is 5.92 Å². The summed E-state index contributed by atoms with van der Waals surface area (Å²) in [5.74, 6) is -6.12. The monoisotopic (exact) mass is 759 g/mol. The second-order valence-electron chi connectivity index (χ2n) is 14.6. The molecule has 5 aliphatic rings. The lowest BCUT2D eigenvalue weighted by Crippen LogP contribution is -2.71. The van der Waals surface area contributed by atoms with Gasteiger partial charge in [-0.15, -0.1) is 11.3 Å². The minimum absolute atomic E-state index is 0.00221. The van der Waals surface area contributed by atoms with Crippen molar-refractivity contribution in [3.8, 4) is 23.2 Å². The van der Waals surface area contributed by atoms with E-state index < -0.39 is 53.1 Å². The number of ether oxygens (including phenoxy) is 2. The molecule has 1 aliphatic carbocycles. The van der Waals surface area contributed by atoms with Crippen LogP contribution in [0.25, 0.3) is 32.1 Å². The molecule has 6 heterocycles. The predicted octanol–water partition coefficient (Wildman–Crippen LogP) is 5.92. The molecule has 2 aromatic carbocycles. The summed E-state index contributed by atoms with van der Waals surface area (Å²) in [4.78, 5) is 27.2. The third kappa shape index (κ3) is 5.18. The Morgan fingerprint density at radius 3 is 2.73 bits per heavy atom. The van der Waals surface area contributed by atoms with Gasteiger partial charge in [0.15, 0.2) is 5.82 Å². The quantitative estimate of drug-likeness (QED) is 0.239. The predicted molar refractivity (Wildman–Crippen MR) is 183 cm³/mol. The van der Waals surface area contributed by atoms with Crippen LogP contribution in [0, 0.1) is 28.9 Å². The number of halogens is 6. The average molecular weight is 760 g/mol. The van der Waals surface area contributed by atoms with Crippen molar-refractivity contribution in [3.05, 3.63) is 40.4 Å². The highest BCUT2D eigenvalue weighted by molar-refractivity contribution is 7.23. The Hall–Kier alpha value is -4.04. The minimum Gasteiger partial charge on any atom is -0.461 e. The van der Waals surface area contributed by atoms with E-state index in [2.05, 4.69) is 9.88 Å². The van der Waals surface area contributed by atoms with Crippen molar-refractivity contribution in [3.63, 3.8) is 0 Å². The van der Waals surface area contributed by atoms with Crippen molar-refractivity contribution in [2.75, 3.05) is 63.1 Å². The molecule has 0 radical (unpaired) electrons. The van der Waals surface area contributed by atoms with Gasteiger partial charge in [-0.3, -0.25) is 9.69 Å². The summed E-state index contributed by atoms with van der Waals surface area (Å²) in [5.41, 5.74) is 4.52. The van der Waals surface area contributed by atoms with Crippen molar-refractivity contribution >= 4 is 60.7 Å². The highest BCUT2D eigenvalue weighted by Crippen LogP contribution is 2.51. The molecule has 3 atom stereocenters. The van der Waals surface area contributed by atoms with E-state index in [4.69, 9.17) is 31.8 Å². The first-order chi connectivity index (χ1) is 24.8. The summed E-state index contributed by atoms with van der Waals surface area (Å²) < 4.78 is 86.3. The van der Waals surface area contributed by atoms with E-state index in [1.807, 2.05) is 11.0 Å². The van der Waals surface area contributed by atoms with Crippen molar-refractivity contribution < 1.29 is 36.2 Å². The summed E-state index contributed by atoms with van der Waals surface area (Å²) in [7, 11) is 0. The number of alkyl halides is 3.